The molecule has 1 aromatic heterocycles. The molecule has 0 saturated heterocycles. The molecular weight excluding hydrogens is 172 g/mol. The maximum atomic E-state index is 6.31. The second-order valence-corrected chi connectivity index (χ2v) is 3.50. The predicted octanol–water partition coefficient (Wildman–Crippen LogP) is 2.70. The van der Waals surface area contributed by atoms with E-state index in [0.717, 1.165) is 24.1 Å². The average molecular weight is 190 g/mol. The molecule has 1 rings (SSSR count). The van der Waals surface area contributed by atoms with Crippen molar-refractivity contribution in [3.63, 3.8) is 0 Å². The van der Waals surface area contributed by atoms with Crippen LogP contribution in [0.5, 0.6) is 0 Å². The molecule has 0 amide bonds. The summed E-state index contributed by atoms with van der Waals surface area (Å²) in [5.41, 5.74) is 8.04. The lowest BCUT2D eigenvalue weighted by Gasteiger charge is -2.28. The number of rotatable bonds is 4. The van der Waals surface area contributed by atoms with Crippen LogP contribution < -0.4 is 5.73 Å². The van der Waals surface area contributed by atoms with Crippen LogP contribution in [0.15, 0.2) is 24.9 Å². The van der Waals surface area contributed by atoms with E-state index in [-0.39, 0.29) is 5.54 Å². The van der Waals surface area contributed by atoms with E-state index >= 15 is 0 Å². The van der Waals surface area contributed by atoms with Crippen LogP contribution in [0.4, 0.5) is 0 Å². The zero-order chi connectivity index (χ0) is 10.6. The maximum Gasteiger partial charge on any atom is 0.0674 e. The molecule has 0 saturated carbocycles. The largest absolute Gasteiger partial charge is 0.321 e. The van der Waals surface area contributed by atoms with Crippen molar-refractivity contribution >= 4 is 6.08 Å². The molecule has 76 valence electrons. The Morgan fingerprint density at radius 3 is 2.64 bits per heavy atom. The van der Waals surface area contributed by atoms with Crippen molar-refractivity contribution < 1.29 is 0 Å². The molecular formula is C12H18N2. The molecule has 1 heterocycles. The minimum atomic E-state index is -0.266. The molecule has 2 N–H and O–H groups in total. The first-order valence-electron chi connectivity index (χ1n) is 5.04. The highest BCUT2D eigenvalue weighted by Crippen LogP contribution is 2.27. The van der Waals surface area contributed by atoms with Gasteiger partial charge in [-0.3, -0.25) is 4.98 Å². The predicted molar refractivity (Wildman–Crippen MR) is 60.8 cm³/mol. The van der Waals surface area contributed by atoms with Gasteiger partial charge in [0.25, 0.3) is 0 Å². The Morgan fingerprint density at radius 1 is 1.50 bits per heavy atom. The van der Waals surface area contributed by atoms with Crippen molar-refractivity contribution in [1.82, 2.24) is 4.98 Å². The van der Waals surface area contributed by atoms with Crippen molar-refractivity contribution in [1.29, 1.82) is 0 Å². The second kappa shape index (κ2) is 4.38. The molecule has 0 fully saturated rings. The van der Waals surface area contributed by atoms with E-state index in [4.69, 9.17) is 5.73 Å². The van der Waals surface area contributed by atoms with Crippen LogP contribution in [0.2, 0.25) is 0 Å². The summed E-state index contributed by atoms with van der Waals surface area (Å²) in [4.78, 5) is 4.26. The Kier molecular flexibility index (Phi) is 3.42. The summed E-state index contributed by atoms with van der Waals surface area (Å²) in [6.45, 7) is 7.96. The SMILES string of the molecule is C=Cc1ncccc1C(N)(CC)CC. The quantitative estimate of drug-likeness (QED) is 0.792. The van der Waals surface area contributed by atoms with Gasteiger partial charge < -0.3 is 5.73 Å². The fourth-order valence-electron chi connectivity index (χ4n) is 1.63. The summed E-state index contributed by atoms with van der Waals surface area (Å²) >= 11 is 0. The van der Waals surface area contributed by atoms with Gasteiger partial charge in [-0.1, -0.05) is 26.5 Å². The molecule has 0 bridgehead atoms. The number of aromatic nitrogens is 1. The number of nitrogens with two attached hydrogens (primary N) is 1. The first-order valence-corrected chi connectivity index (χ1v) is 5.04. The number of nitrogens with zero attached hydrogens (tertiary/aromatic N) is 1. The third kappa shape index (κ3) is 1.85. The first kappa shape index (κ1) is 10.9. The second-order valence-electron chi connectivity index (χ2n) is 3.50. The Morgan fingerprint density at radius 2 is 2.14 bits per heavy atom. The van der Waals surface area contributed by atoms with Crippen LogP contribution in [0.1, 0.15) is 37.9 Å². The third-order valence-electron chi connectivity index (χ3n) is 2.83. The number of pyridine rings is 1. The molecule has 2 heteroatoms. The lowest BCUT2D eigenvalue weighted by molar-refractivity contribution is 0.410. The van der Waals surface area contributed by atoms with E-state index in [9.17, 15) is 0 Å². The van der Waals surface area contributed by atoms with Gasteiger partial charge in [-0.15, -0.1) is 0 Å². The van der Waals surface area contributed by atoms with Gasteiger partial charge in [0.2, 0.25) is 0 Å². The van der Waals surface area contributed by atoms with Crippen molar-refractivity contribution in [3.05, 3.63) is 36.2 Å². The molecule has 0 unspecified atom stereocenters. The van der Waals surface area contributed by atoms with Crippen LogP contribution in [0, 0.1) is 0 Å². The van der Waals surface area contributed by atoms with Crippen molar-refractivity contribution in [2.24, 2.45) is 5.73 Å². The van der Waals surface area contributed by atoms with Crippen molar-refractivity contribution in [2.75, 3.05) is 0 Å². The van der Waals surface area contributed by atoms with Gasteiger partial charge in [0.05, 0.1) is 5.69 Å². The van der Waals surface area contributed by atoms with Crippen LogP contribution in [0.25, 0.3) is 6.08 Å². The smallest absolute Gasteiger partial charge is 0.0674 e. The van der Waals surface area contributed by atoms with Gasteiger partial charge in [-0.25, -0.2) is 0 Å². The van der Waals surface area contributed by atoms with Crippen LogP contribution in [-0.2, 0) is 5.54 Å². The fourth-order valence-corrected chi connectivity index (χ4v) is 1.63. The van der Waals surface area contributed by atoms with E-state index in [0.29, 0.717) is 0 Å². The molecule has 1 aromatic rings. The lowest BCUT2D eigenvalue weighted by atomic mass is 9.85. The van der Waals surface area contributed by atoms with E-state index < -0.39 is 0 Å². The molecule has 0 aliphatic carbocycles. The van der Waals surface area contributed by atoms with Crippen LogP contribution in [-0.4, -0.2) is 4.98 Å². The Hall–Kier alpha value is -1.15. The highest BCUT2D eigenvalue weighted by atomic mass is 14.8. The summed E-state index contributed by atoms with van der Waals surface area (Å²) < 4.78 is 0. The molecule has 0 atom stereocenters. The summed E-state index contributed by atoms with van der Waals surface area (Å²) in [5.74, 6) is 0. The van der Waals surface area contributed by atoms with E-state index in [1.54, 1.807) is 12.3 Å². The Balaban J connectivity index is 3.22. The number of hydrogen-bond acceptors (Lipinski definition) is 2. The zero-order valence-electron chi connectivity index (χ0n) is 8.96. The molecule has 2 nitrogen and oxygen atoms in total. The van der Waals surface area contributed by atoms with Gasteiger partial charge in [0.1, 0.15) is 0 Å². The molecule has 0 aromatic carbocycles. The molecule has 14 heavy (non-hydrogen) atoms. The highest BCUT2D eigenvalue weighted by molar-refractivity contribution is 5.49. The summed E-state index contributed by atoms with van der Waals surface area (Å²) in [6, 6.07) is 3.96. The number of hydrogen-bond donors (Lipinski definition) is 1. The Bertz CT molecular complexity index is 314. The third-order valence-corrected chi connectivity index (χ3v) is 2.83. The topological polar surface area (TPSA) is 38.9 Å². The monoisotopic (exact) mass is 190 g/mol. The van der Waals surface area contributed by atoms with Gasteiger partial charge in [-0.2, -0.15) is 0 Å². The molecule has 0 aliphatic heterocycles. The standard InChI is InChI=1S/C12H18N2/c1-4-11-10(8-7-9-14-11)12(13,5-2)6-3/h4,7-9H,1,5-6,13H2,2-3H3. The Labute approximate surface area is 85.9 Å². The maximum absolute atomic E-state index is 6.31. The molecule has 0 radical (unpaired) electrons. The minimum absolute atomic E-state index is 0.266. The van der Waals surface area contributed by atoms with Crippen molar-refractivity contribution in [2.45, 2.75) is 32.2 Å². The van der Waals surface area contributed by atoms with Crippen LogP contribution >= 0.6 is 0 Å². The van der Waals surface area contributed by atoms with Gasteiger partial charge in [-0.05, 0) is 30.5 Å². The summed E-state index contributed by atoms with van der Waals surface area (Å²) in [7, 11) is 0. The minimum Gasteiger partial charge on any atom is -0.321 e. The van der Waals surface area contributed by atoms with Crippen LogP contribution in [0.3, 0.4) is 0 Å². The fraction of sp³-hybridized carbons (Fsp3) is 0.417. The summed E-state index contributed by atoms with van der Waals surface area (Å²) in [5, 5.41) is 0. The molecule has 0 aliphatic rings. The summed E-state index contributed by atoms with van der Waals surface area (Å²) in [6.07, 6.45) is 5.36. The first-order chi connectivity index (χ1) is 6.68. The van der Waals surface area contributed by atoms with Gasteiger partial charge >= 0.3 is 0 Å². The van der Waals surface area contributed by atoms with Crippen molar-refractivity contribution in [3.8, 4) is 0 Å². The van der Waals surface area contributed by atoms with E-state index in [2.05, 4.69) is 25.4 Å². The normalized spacial score (nSPS) is 11.4. The molecule has 0 spiro atoms. The van der Waals surface area contributed by atoms with Gasteiger partial charge in [0.15, 0.2) is 0 Å². The van der Waals surface area contributed by atoms with E-state index in [1.165, 1.54) is 0 Å². The zero-order valence-corrected chi connectivity index (χ0v) is 8.96. The average Bonchev–Trinajstić information content (AvgIpc) is 2.28. The van der Waals surface area contributed by atoms with E-state index in [1.807, 2.05) is 12.1 Å². The lowest BCUT2D eigenvalue weighted by Crippen LogP contribution is -2.36. The van der Waals surface area contributed by atoms with Gasteiger partial charge in [0, 0.05) is 11.7 Å². The highest BCUT2D eigenvalue weighted by Gasteiger charge is 2.25.